The van der Waals surface area contributed by atoms with E-state index >= 15 is 0 Å². The van der Waals surface area contributed by atoms with Crippen LogP contribution in [0.1, 0.15) is 0 Å². The first-order valence-corrected chi connectivity index (χ1v) is 3.50. The van der Waals surface area contributed by atoms with Gasteiger partial charge in [-0.15, -0.1) is 0 Å². The zero-order chi connectivity index (χ0) is 7.56. The minimum absolute atomic E-state index is 0.0304. The maximum Gasteiger partial charge on any atom is 0.0599 e. The molecular formula is C6H14N2O2. The fraction of sp³-hybridized carbons (Fsp3) is 1.00. The van der Waals surface area contributed by atoms with Gasteiger partial charge in [-0.1, -0.05) is 0 Å². The quantitative estimate of drug-likeness (QED) is 0.359. The molecule has 10 heavy (non-hydrogen) atoms. The Morgan fingerprint density at radius 1 is 1.40 bits per heavy atom. The maximum atomic E-state index is 8.75. The van der Waals surface area contributed by atoms with Gasteiger partial charge in [0.1, 0.15) is 0 Å². The molecule has 3 atom stereocenters. The fourth-order valence-corrected chi connectivity index (χ4v) is 1.28. The Morgan fingerprint density at radius 2 is 2.10 bits per heavy atom. The van der Waals surface area contributed by atoms with Crippen LogP contribution in [0.3, 0.4) is 0 Å². The van der Waals surface area contributed by atoms with Gasteiger partial charge in [0.2, 0.25) is 0 Å². The molecule has 60 valence electrons. The van der Waals surface area contributed by atoms with Crippen molar-refractivity contribution in [3.05, 3.63) is 0 Å². The summed E-state index contributed by atoms with van der Waals surface area (Å²) in [5.41, 5.74) is 5.66. The molecule has 4 nitrogen and oxygen atoms in total. The molecule has 1 aliphatic rings. The zero-order valence-corrected chi connectivity index (χ0v) is 5.83. The summed E-state index contributed by atoms with van der Waals surface area (Å²) in [6, 6.07) is -0.132. The summed E-state index contributed by atoms with van der Waals surface area (Å²) in [4.78, 5) is 0. The average Bonchev–Trinajstić information content (AvgIpc) is 2.30. The molecule has 5 N–H and O–H groups in total. The van der Waals surface area contributed by atoms with Gasteiger partial charge >= 0.3 is 0 Å². The van der Waals surface area contributed by atoms with Crippen molar-refractivity contribution in [2.24, 2.45) is 11.7 Å². The van der Waals surface area contributed by atoms with Gasteiger partial charge in [0.15, 0.2) is 0 Å². The molecule has 0 radical (unpaired) electrons. The highest BCUT2D eigenvalue weighted by Gasteiger charge is 2.31. The molecule has 0 saturated carbocycles. The first-order chi connectivity index (χ1) is 4.79. The highest BCUT2D eigenvalue weighted by Crippen LogP contribution is 2.11. The van der Waals surface area contributed by atoms with E-state index in [0.717, 1.165) is 0 Å². The van der Waals surface area contributed by atoms with E-state index in [1.807, 2.05) is 0 Å². The zero-order valence-electron chi connectivity index (χ0n) is 5.83. The van der Waals surface area contributed by atoms with Gasteiger partial charge in [0, 0.05) is 31.2 Å². The minimum Gasteiger partial charge on any atom is -0.396 e. The van der Waals surface area contributed by atoms with Crippen molar-refractivity contribution in [2.75, 3.05) is 19.8 Å². The standard InChI is InChI=1S/C6H14N2O2/c7-6-4(2-9)1-8-5(6)3-10/h4-6,8-10H,1-3,7H2/t4-,5-,6-/m0/s1. The van der Waals surface area contributed by atoms with Crippen molar-refractivity contribution >= 4 is 0 Å². The summed E-state index contributed by atoms with van der Waals surface area (Å²) in [6.07, 6.45) is 0. The SMILES string of the molecule is N[C@H]1[C@H](CO)CN[C@H]1CO. The molecule has 0 spiro atoms. The van der Waals surface area contributed by atoms with Crippen LogP contribution in [-0.4, -0.2) is 42.1 Å². The van der Waals surface area contributed by atoms with Gasteiger partial charge in [-0.2, -0.15) is 0 Å². The fourth-order valence-electron chi connectivity index (χ4n) is 1.28. The number of rotatable bonds is 2. The van der Waals surface area contributed by atoms with Gasteiger partial charge in [-0.05, 0) is 0 Å². The van der Waals surface area contributed by atoms with E-state index in [1.165, 1.54) is 0 Å². The van der Waals surface area contributed by atoms with Crippen LogP contribution in [-0.2, 0) is 0 Å². The number of hydrogen-bond donors (Lipinski definition) is 4. The van der Waals surface area contributed by atoms with Crippen molar-refractivity contribution in [3.63, 3.8) is 0 Å². The molecule has 0 aromatic rings. The molecule has 0 bridgehead atoms. The third-order valence-corrected chi connectivity index (χ3v) is 2.08. The van der Waals surface area contributed by atoms with E-state index < -0.39 is 0 Å². The van der Waals surface area contributed by atoms with Crippen LogP contribution in [0.15, 0.2) is 0 Å². The predicted octanol–water partition coefficient (Wildman–Crippen LogP) is -2.11. The van der Waals surface area contributed by atoms with Crippen LogP contribution in [0, 0.1) is 5.92 Å². The van der Waals surface area contributed by atoms with Gasteiger partial charge in [-0.3, -0.25) is 0 Å². The van der Waals surface area contributed by atoms with E-state index in [4.69, 9.17) is 15.9 Å². The summed E-state index contributed by atoms with van der Waals surface area (Å²) in [6.45, 7) is 0.866. The number of hydrogen-bond acceptors (Lipinski definition) is 4. The molecule has 1 saturated heterocycles. The molecule has 4 heteroatoms. The summed E-state index contributed by atoms with van der Waals surface area (Å²) < 4.78 is 0. The van der Waals surface area contributed by atoms with Crippen LogP contribution in [0.4, 0.5) is 0 Å². The molecular weight excluding hydrogens is 132 g/mol. The van der Waals surface area contributed by atoms with E-state index in [-0.39, 0.29) is 31.2 Å². The largest absolute Gasteiger partial charge is 0.396 e. The van der Waals surface area contributed by atoms with Gasteiger partial charge < -0.3 is 21.3 Å². The molecule has 0 unspecified atom stereocenters. The summed E-state index contributed by atoms with van der Waals surface area (Å²) in [5, 5.41) is 20.5. The van der Waals surface area contributed by atoms with Crippen molar-refractivity contribution in [2.45, 2.75) is 12.1 Å². The lowest BCUT2D eigenvalue weighted by Gasteiger charge is -2.15. The summed E-state index contributed by atoms with van der Waals surface area (Å²) >= 11 is 0. The van der Waals surface area contributed by atoms with Gasteiger partial charge in [-0.25, -0.2) is 0 Å². The third kappa shape index (κ3) is 1.29. The molecule has 0 aliphatic carbocycles. The topological polar surface area (TPSA) is 78.5 Å². The van der Waals surface area contributed by atoms with Crippen molar-refractivity contribution < 1.29 is 10.2 Å². The van der Waals surface area contributed by atoms with E-state index in [0.29, 0.717) is 6.54 Å². The number of aliphatic hydroxyl groups excluding tert-OH is 2. The van der Waals surface area contributed by atoms with Crippen LogP contribution < -0.4 is 11.1 Å². The molecule has 0 amide bonds. The maximum absolute atomic E-state index is 8.75. The Bertz CT molecular complexity index is 97.9. The van der Waals surface area contributed by atoms with E-state index in [1.54, 1.807) is 0 Å². The van der Waals surface area contributed by atoms with Crippen molar-refractivity contribution in [1.29, 1.82) is 0 Å². The molecule has 0 aromatic heterocycles. The highest BCUT2D eigenvalue weighted by atomic mass is 16.3. The second-order valence-corrected chi connectivity index (χ2v) is 2.72. The van der Waals surface area contributed by atoms with Gasteiger partial charge in [0.25, 0.3) is 0 Å². The Balaban J connectivity index is 2.41. The lowest BCUT2D eigenvalue weighted by Crippen LogP contribution is -2.41. The average molecular weight is 146 g/mol. The number of aliphatic hydroxyl groups is 2. The van der Waals surface area contributed by atoms with E-state index in [2.05, 4.69) is 5.32 Å². The van der Waals surface area contributed by atoms with Crippen LogP contribution in [0.25, 0.3) is 0 Å². The Labute approximate surface area is 60.0 Å². The van der Waals surface area contributed by atoms with Gasteiger partial charge in [0.05, 0.1) is 6.61 Å². The van der Waals surface area contributed by atoms with Crippen molar-refractivity contribution in [1.82, 2.24) is 5.32 Å². The second-order valence-electron chi connectivity index (χ2n) is 2.72. The first kappa shape index (κ1) is 7.94. The number of nitrogens with two attached hydrogens (primary N) is 1. The lowest BCUT2D eigenvalue weighted by molar-refractivity contribution is 0.206. The van der Waals surface area contributed by atoms with Crippen molar-refractivity contribution in [3.8, 4) is 0 Å². The summed E-state index contributed by atoms with van der Waals surface area (Å²) in [7, 11) is 0. The number of nitrogens with one attached hydrogen (secondary N) is 1. The smallest absolute Gasteiger partial charge is 0.0599 e. The molecule has 1 fully saturated rings. The van der Waals surface area contributed by atoms with Crippen LogP contribution >= 0.6 is 0 Å². The first-order valence-electron chi connectivity index (χ1n) is 3.50. The second kappa shape index (κ2) is 3.30. The molecule has 1 rings (SSSR count). The Hall–Kier alpha value is -0.160. The minimum atomic E-state index is -0.102. The van der Waals surface area contributed by atoms with Crippen LogP contribution in [0.5, 0.6) is 0 Å². The highest BCUT2D eigenvalue weighted by molar-refractivity contribution is 4.92. The lowest BCUT2D eigenvalue weighted by atomic mass is 10.0. The molecule has 0 aromatic carbocycles. The molecule has 1 aliphatic heterocycles. The predicted molar refractivity (Wildman–Crippen MR) is 37.4 cm³/mol. The van der Waals surface area contributed by atoms with E-state index in [9.17, 15) is 0 Å². The molecule has 1 heterocycles. The van der Waals surface area contributed by atoms with Crippen LogP contribution in [0.2, 0.25) is 0 Å². The third-order valence-electron chi connectivity index (χ3n) is 2.08. The monoisotopic (exact) mass is 146 g/mol. The Kier molecular flexibility index (Phi) is 2.62. The Morgan fingerprint density at radius 3 is 2.40 bits per heavy atom. The summed E-state index contributed by atoms with van der Waals surface area (Å²) in [5.74, 6) is 0.108. The normalized spacial score (nSPS) is 40.5.